The van der Waals surface area contributed by atoms with E-state index in [1.54, 1.807) is 4.90 Å². The third-order valence-electron chi connectivity index (χ3n) is 3.82. The SMILES string of the molecule is Cc1ccccc1NC(=O)CN1CCC(C)C1C(=O)O. The third kappa shape index (κ3) is 3.17. The first kappa shape index (κ1) is 14.5. The van der Waals surface area contributed by atoms with E-state index in [1.165, 1.54) is 0 Å². The number of anilines is 1. The monoisotopic (exact) mass is 276 g/mol. The third-order valence-corrected chi connectivity index (χ3v) is 3.82. The van der Waals surface area contributed by atoms with Crippen molar-refractivity contribution in [2.24, 2.45) is 5.92 Å². The lowest BCUT2D eigenvalue weighted by atomic mass is 10.0. The van der Waals surface area contributed by atoms with Crippen molar-refractivity contribution in [2.45, 2.75) is 26.3 Å². The second-order valence-electron chi connectivity index (χ2n) is 5.38. The number of carbonyl (C=O) groups excluding carboxylic acids is 1. The normalized spacial score (nSPS) is 22.7. The van der Waals surface area contributed by atoms with Crippen LogP contribution in [0.5, 0.6) is 0 Å². The van der Waals surface area contributed by atoms with Gasteiger partial charge in [-0.3, -0.25) is 14.5 Å². The van der Waals surface area contributed by atoms with Crippen molar-refractivity contribution in [3.63, 3.8) is 0 Å². The van der Waals surface area contributed by atoms with E-state index in [0.29, 0.717) is 6.54 Å². The van der Waals surface area contributed by atoms with Crippen molar-refractivity contribution >= 4 is 17.6 Å². The number of amides is 1. The Kier molecular flexibility index (Phi) is 4.39. The van der Waals surface area contributed by atoms with Gasteiger partial charge in [0.25, 0.3) is 0 Å². The number of nitrogens with one attached hydrogen (secondary N) is 1. The summed E-state index contributed by atoms with van der Waals surface area (Å²) >= 11 is 0. The molecule has 1 saturated heterocycles. The Labute approximate surface area is 118 Å². The number of carboxylic acids is 1. The molecule has 0 radical (unpaired) electrons. The molecule has 5 heteroatoms. The van der Waals surface area contributed by atoms with Gasteiger partial charge in [0.15, 0.2) is 0 Å². The molecule has 1 aromatic carbocycles. The van der Waals surface area contributed by atoms with Crippen molar-refractivity contribution in [3.8, 4) is 0 Å². The lowest BCUT2D eigenvalue weighted by molar-refractivity contribution is -0.143. The molecule has 5 nitrogen and oxygen atoms in total. The molecule has 2 rings (SSSR count). The Morgan fingerprint density at radius 3 is 2.75 bits per heavy atom. The number of carboxylic acid groups (broad SMARTS) is 1. The number of rotatable bonds is 4. The molecule has 1 amide bonds. The standard InChI is InChI=1S/C15H20N2O3/c1-10-5-3-4-6-12(10)16-13(18)9-17-8-7-11(2)14(17)15(19)20/h3-6,11,14H,7-9H2,1-2H3,(H,16,18)(H,19,20). The summed E-state index contributed by atoms with van der Waals surface area (Å²) in [5.41, 5.74) is 1.77. The van der Waals surface area contributed by atoms with Crippen LogP contribution < -0.4 is 5.32 Å². The van der Waals surface area contributed by atoms with Crippen LogP contribution in [-0.2, 0) is 9.59 Å². The van der Waals surface area contributed by atoms with Crippen LogP contribution in [-0.4, -0.2) is 41.0 Å². The molecule has 2 atom stereocenters. The van der Waals surface area contributed by atoms with Crippen LogP contribution in [0.1, 0.15) is 18.9 Å². The lowest BCUT2D eigenvalue weighted by Gasteiger charge is -2.22. The Morgan fingerprint density at radius 1 is 1.40 bits per heavy atom. The largest absolute Gasteiger partial charge is 0.480 e. The molecule has 0 saturated carbocycles. The van der Waals surface area contributed by atoms with Crippen molar-refractivity contribution < 1.29 is 14.7 Å². The van der Waals surface area contributed by atoms with E-state index in [2.05, 4.69) is 5.32 Å². The quantitative estimate of drug-likeness (QED) is 0.878. The Balaban J connectivity index is 1.98. The van der Waals surface area contributed by atoms with E-state index in [0.717, 1.165) is 17.7 Å². The molecular formula is C15H20N2O3. The van der Waals surface area contributed by atoms with Gasteiger partial charge in [-0.1, -0.05) is 25.1 Å². The van der Waals surface area contributed by atoms with Gasteiger partial charge >= 0.3 is 5.97 Å². The fourth-order valence-corrected chi connectivity index (χ4v) is 2.69. The van der Waals surface area contributed by atoms with E-state index in [4.69, 9.17) is 0 Å². The number of hydrogen-bond acceptors (Lipinski definition) is 3. The summed E-state index contributed by atoms with van der Waals surface area (Å²) in [6, 6.07) is 6.98. The van der Waals surface area contributed by atoms with Gasteiger partial charge in [-0.2, -0.15) is 0 Å². The molecule has 0 aliphatic carbocycles. The smallest absolute Gasteiger partial charge is 0.321 e. The molecule has 2 N–H and O–H groups in total. The molecule has 1 aromatic rings. The van der Waals surface area contributed by atoms with Gasteiger partial charge in [-0.25, -0.2) is 0 Å². The summed E-state index contributed by atoms with van der Waals surface area (Å²) in [5, 5.41) is 12.1. The number of nitrogens with zero attached hydrogens (tertiary/aromatic N) is 1. The number of para-hydroxylation sites is 1. The average molecular weight is 276 g/mol. The van der Waals surface area contributed by atoms with E-state index in [-0.39, 0.29) is 18.4 Å². The van der Waals surface area contributed by atoms with Crippen LogP contribution in [0.2, 0.25) is 0 Å². The second-order valence-corrected chi connectivity index (χ2v) is 5.38. The van der Waals surface area contributed by atoms with Crippen molar-refractivity contribution in [1.82, 2.24) is 4.90 Å². The Bertz CT molecular complexity index is 516. The fraction of sp³-hybridized carbons (Fsp3) is 0.467. The van der Waals surface area contributed by atoms with Gasteiger partial charge in [0.2, 0.25) is 5.91 Å². The maximum atomic E-state index is 12.0. The van der Waals surface area contributed by atoms with Crippen molar-refractivity contribution in [3.05, 3.63) is 29.8 Å². The van der Waals surface area contributed by atoms with E-state index < -0.39 is 12.0 Å². The van der Waals surface area contributed by atoms with Crippen LogP contribution in [0.25, 0.3) is 0 Å². The number of hydrogen-bond donors (Lipinski definition) is 2. The first-order chi connectivity index (χ1) is 9.49. The molecule has 20 heavy (non-hydrogen) atoms. The van der Waals surface area contributed by atoms with E-state index in [1.807, 2.05) is 38.1 Å². The van der Waals surface area contributed by atoms with Crippen LogP contribution >= 0.6 is 0 Å². The summed E-state index contributed by atoms with van der Waals surface area (Å²) in [4.78, 5) is 25.0. The number of aliphatic carboxylic acids is 1. The maximum absolute atomic E-state index is 12.0. The molecule has 1 aliphatic rings. The van der Waals surface area contributed by atoms with Gasteiger partial charge in [0.05, 0.1) is 6.54 Å². The highest BCUT2D eigenvalue weighted by Crippen LogP contribution is 2.24. The predicted octanol–water partition coefficient (Wildman–Crippen LogP) is 1.73. The predicted molar refractivity (Wildman–Crippen MR) is 76.6 cm³/mol. The molecule has 108 valence electrons. The van der Waals surface area contributed by atoms with Crippen LogP contribution in [0.15, 0.2) is 24.3 Å². The lowest BCUT2D eigenvalue weighted by Crippen LogP contribution is -2.43. The minimum Gasteiger partial charge on any atom is -0.480 e. The zero-order valence-corrected chi connectivity index (χ0v) is 11.8. The van der Waals surface area contributed by atoms with Gasteiger partial charge in [0.1, 0.15) is 6.04 Å². The number of benzene rings is 1. The fourth-order valence-electron chi connectivity index (χ4n) is 2.69. The molecule has 2 unspecified atom stereocenters. The summed E-state index contributed by atoms with van der Waals surface area (Å²) in [7, 11) is 0. The van der Waals surface area contributed by atoms with Gasteiger partial charge in [-0.15, -0.1) is 0 Å². The van der Waals surface area contributed by atoms with Crippen LogP contribution in [0.4, 0.5) is 5.69 Å². The van der Waals surface area contributed by atoms with Gasteiger partial charge < -0.3 is 10.4 Å². The van der Waals surface area contributed by atoms with Gasteiger partial charge in [0, 0.05) is 5.69 Å². The van der Waals surface area contributed by atoms with Crippen molar-refractivity contribution in [1.29, 1.82) is 0 Å². The highest BCUT2D eigenvalue weighted by atomic mass is 16.4. The molecule has 1 fully saturated rings. The molecule has 1 aliphatic heterocycles. The highest BCUT2D eigenvalue weighted by molar-refractivity contribution is 5.93. The maximum Gasteiger partial charge on any atom is 0.321 e. The molecule has 1 heterocycles. The average Bonchev–Trinajstić information content (AvgIpc) is 2.73. The molecular weight excluding hydrogens is 256 g/mol. The zero-order valence-electron chi connectivity index (χ0n) is 11.8. The summed E-state index contributed by atoms with van der Waals surface area (Å²) in [6.07, 6.45) is 0.814. The number of likely N-dealkylation sites (tertiary alicyclic amines) is 1. The molecule has 0 bridgehead atoms. The molecule has 0 aromatic heterocycles. The Hall–Kier alpha value is -1.88. The minimum atomic E-state index is -0.848. The minimum absolute atomic E-state index is 0.0822. The summed E-state index contributed by atoms with van der Waals surface area (Å²) in [5.74, 6) is -0.933. The summed E-state index contributed by atoms with van der Waals surface area (Å²) < 4.78 is 0. The van der Waals surface area contributed by atoms with E-state index >= 15 is 0 Å². The first-order valence-electron chi connectivity index (χ1n) is 6.81. The van der Waals surface area contributed by atoms with Crippen LogP contribution in [0.3, 0.4) is 0 Å². The topological polar surface area (TPSA) is 69.6 Å². The summed E-state index contributed by atoms with van der Waals surface area (Å²) in [6.45, 7) is 4.61. The number of carbonyl (C=O) groups is 2. The Morgan fingerprint density at radius 2 is 2.10 bits per heavy atom. The molecule has 0 spiro atoms. The second kappa shape index (κ2) is 6.05. The first-order valence-corrected chi connectivity index (χ1v) is 6.81. The van der Waals surface area contributed by atoms with Crippen molar-refractivity contribution in [2.75, 3.05) is 18.4 Å². The van der Waals surface area contributed by atoms with E-state index in [9.17, 15) is 14.7 Å². The number of aryl methyl sites for hydroxylation is 1. The van der Waals surface area contributed by atoms with Gasteiger partial charge in [-0.05, 0) is 37.4 Å². The van der Waals surface area contributed by atoms with Crippen LogP contribution in [0, 0.1) is 12.8 Å². The highest BCUT2D eigenvalue weighted by Gasteiger charge is 2.37. The zero-order chi connectivity index (χ0) is 14.7.